The van der Waals surface area contributed by atoms with Crippen LogP contribution in [0.25, 0.3) is 5.70 Å². The summed E-state index contributed by atoms with van der Waals surface area (Å²) in [5.41, 5.74) is 2.75. The van der Waals surface area contributed by atoms with E-state index in [2.05, 4.69) is 10.6 Å². The molecule has 1 aliphatic rings. The van der Waals surface area contributed by atoms with E-state index in [0.29, 0.717) is 28.1 Å². The van der Waals surface area contributed by atoms with Gasteiger partial charge in [0.25, 0.3) is 0 Å². The van der Waals surface area contributed by atoms with E-state index in [-0.39, 0.29) is 23.2 Å². The van der Waals surface area contributed by atoms with Crippen molar-refractivity contribution in [2.24, 2.45) is 0 Å². The van der Waals surface area contributed by atoms with Gasteiger partial charge in [-0.05, 0) is 76.4 Å². The van der Waals surface area contributed by atoms with Crippen molar-refractivity contribution in [1.29, 1.82) is 0 Å². The number of carbonyl (C=O) groups excluding carboxylic acids is 2. The summed E-state index contributed by atoms with van der Waals surface area (Å²) in [6, 6.07) is 9.63. The second kappa shape index (κ2) is 9.64. The minimum Gasteiger partial charge on any atom is -0.507 e. The van der Waals surface area contributed by atoms with E-state index in [0.717, 1.165) is 11.1 Å². The lowest BCUT2D eigenvalue weighted by molar-refractivity contribution is -0.138. The Hall–Kier alpha value is -3.48. The molecular formula is C28H36N2O5. The molecule has 0 saturated heterocycles. The number of methoxy groups -OCH3 is 1. The number of carbonyl (C=O) groups is 2. The molecule has 2 aromatic carbocycles. The maximum absolute atomic E-state index is 13.3. The highest BCUT2D eigenvalue weighted by Crippen LogP contribution is 2.43. The molecule has 1 heterocycles. The lowest BCUT2D eigenvalue weighted by Gasteiger charge is -2.33. The van der Waals surface area contributed by atoms with Crippen LogP contribution in [-0.4, -0.2) is 30.8 Å². The summed E-state index contributed by atoms with van der Waals surface area (Å²) in [5, 5.41) is 16.9. The highest BCUT2D eigenvalue weighted by Gasteiger charge is 2.36. The first kappa shape index (κ1) is 26.1. The van der Waals surface area contributed by atoms with E-state index in [9.17, 15) is 14.7 Å². The van der Waals surface area contributed by atoms with Crippen LogP contribution in [0.2, 0.25) is 0 Å². The summed E-state index contributed by atoms with van der Waals surface area (Å²) in [4.78, 5) is 26.1. The van der Waals surface area contributed by atoms with Crippen molar-refractivity contribution in [3.8, 4) is 11.5 Å². The van der Waals surface area contributed by atoms with Gasteiger partial charge in [0, 0.05) is 0 Å². The molecule has 188 valence electrons. The molecule has 0 spiro atoms. The molecule has 0 fully saturated rings. The molecule has 2 aromatic rings. The van der Waals surface area contributed by atoms with Gasteiger partial charge in [0.1, 0.15) is 11.5 Å². The van der Waals surface area contributed by atoms with Crippen molar-refractivity contribution < 1.29 is 24.2 Å². The van der Waals surface area contributed by atoms with Gasteiger partial charge < -0.3 is 25.2 Å². The lowest BCUT2D eigenvalue weighted by Crippen LogP contribution is -2.45. The van der Waals surface area contributed by atoms with Crippen molar-refractivity contribution in [3.63, 3.8) is 0 Å². The van der Waals surface area contributed by atoms with E-state index >= 15 is 0 Å². The van der Waals surface area contributed by atoms with Crippen LogP contribution < -0.4 is 15.4 Å². The van der Waals surface area contributed by atoms with Gasteiger partial charge in [-0.1, -0.05) is 41.5 Å². The maximum atomic E-state index is 13.3. The molecule has 3 rings (SSSR count). The third-order valence-electron chi connectivity index (χ3n) is 6.03. The SMILES string of the molecule is CCOC(=O)C1=C(c2ccc(OC)cc2)NC(=O)NC1c1cc(C(C)(C)C)c(O)c(C(C)(C)C)c1. The van der Waals surface area contributed by atoms with Gasteiger partial charge in [-0.25, -0.2) is 9.59 Å². The quantitative estimate of drug-likeness (QED) is 0.503. The number of benzene rings is 2. The summed E-state index contributed by atoms with van der Waals surface area (Å²) in [6.45, 7) is 14.0. The summed E-state index contributed by atoms with van der Waals surface area (Å²) in [5.74, 6) is 0.358. The van der Waals surface area contributed by atoms with Crippen molar-refractivity contribution in [1.82, 2.24) is 10.6 Å². The van der Waals surface area contributed by atoms with Gasteiger partial charge in [0.2, 0.25) is 0 Å². The molecule has 1 atom stereocenters. The predicted molar refractivity (Wildman–Crippen MR) is 136 cm³/mol. The third-order valence-corrected chi connectivity index (χ3v) is 6.03. The Balaban J connectivity index is 2.32. The minimum atomic E-state index is -0.775. The van der Waals surface area contributed by atoms with Crippen molar-refractivity contribution in [3.05, 3.63) is 64.2 Å². The predicted octanol–water partition coefficient (Wildman–Crippen LogP) is 5.32. The lowest BCUT2D eigenvalue weighted by atomic mass is 9.77. The van der Waals surface area contributed by atoms with Crippen LogP contribution in [-0.2, 0) is 20.4 Å². The van der Waals surface area contributed by atoms with Gasteiger partial charge in [-0.2, -0.15) is 0 Å². The Bertz CT molecular complexity index is 1120. The summed E-state index contributed by atoms with van der Waals surface area (Å²) < 4.78 is 10.7. The standard InChI is InChI=1S/C28H36N2O5/c1-9-35-25(32)21-22(16-10-12-18(34-8)13-11-16)29-26(33)30-23(21)17-14-19(27(2,3)4)24(31)20(15-17)28(5,6)7/h10-15,23,31H,9H2,1-8H3,(H2,29,30,33). The number of nitrogens with one attached hydrogen (secondary N) is 2. The number of hydrogen-bond acceptors (Lipinski definition) is 5. The van der Waals surface area contributed by atoms with E-state index in [1.807, 2.05) is 53.7 Å². The van der Waals surface area contributed by atoms with Crippen LogP contribution in [0, 0.1) is 0 Å². The molecule has 7 nitrogen and oxygen atoms in total. The molecule has 0 aromatic heterocycles. The number of phenols is 1. The number of amides is 2. The average molecular weight is 481 g/mol. The number of hydrogen-bond donors (Lipinski definition) is 3. The highest BCUT2D eigenvalue weighted by molar-refractivity contribution is 6.04. The molecule has 3 N–H and O–H groups in total. The Labute approximate surface area is 207 Å². The summed E-state index contributed by atoms with van der Waals surface area (Å²) in [7, 11) is 1.57. The van der Waals surface area contributed by atoms with E-state index in [1.165, 1.54) is 0 Å². The third kappa shape index (κ3) is 5.45. The van der Waals surface area contributed by atoms with E-state index < -0.39 is 18.0 Å². The van der Waals surface area contributed by atoms with Crippen molar-refractivity contribution in [2.75, 3.05) is 13.7 Å². The first-order valence-electron chi connectivity index (χ1n) is 11.8. The maximum Gasteiger partial charge on any atom is 0.338 e. The van der Waals surface area contributed by atoms with Gasteiger partial charge in [0.15, 0.2) is 0 Å². The van der Waals surface area contributed by atoms with Gasteiger partial charge in [0.05, 0.1) is 31.0 Å². The monoisotopic (exact) mass is 480 g/mol. The van der Waals surface area contributed by atoms with Gasteiger partial charge in [-0.15, -0.1) is 0 Å². The van der Waals surface area contributed by atoms with E-state index in [1.54, 1.807) is 38.3 Å². The smallest absolute Gasteiger partial charge is 0.338 e. The number of rotatable bonds is 5. The Morgan fingerprint density at radius 1 is 1.00 bits per heavy atom. The number of phenolic OH excluding ortho intramolecular Hbond substituents is 1. The van der Waals surface area contributed by atoms with Gasteiger partial charge >= 0.3 is 12.0 Å². The largest absolute Gasteiger partial charge is 0.507 e. The normalized spacial score (nSPS) is 16.5. The second-order valence-electron chi connectivity index (χ2n) is 10.7. The molecular weight excluding hydrogens is 444 g/mol. The van der Waals surface area contributed by atoms with Crippen LogP contribution in [0.15, 0.2) is 42.0 Å². The fourth-order valence-electron chi connectivity index (χ4n) is 4.20. The van der Waals surface area contributed by atoms with Crippen LogP contribution in [0.1, 0.15) is 76.8 Å². The minimum absolute atomic E-state index is 0.189. The fraction of sp³-hybridized carbons (Fsp3) is 0.429. The molecule has 0 aliphatic carbocycles. The first-order valence-corrected chi connectivity index (χ1v) is 11.8. The number of esters is 1. The zero-order valence-corrected chi connectivity index (χ0v) is 21.8. The van der Waals surface area contributed by atoms with Crippen molar-refractivity contribution in [2.45, 2.75) is 65.3 Å². The molecule has 1 aliphatic heterocycles. The molecule has 7 heteroatoms. The average Bonchev–Trinajstić information content (AvgIpc) is 2.77. The summed E-state index contributed by atoms with van der Waals surface area (Å²) in [6.07, 6.45) is 0. The Kier molecular flexibility index (Phi) is 7.20. The first-order chi connectivity index (χ1) is 16.3. The van der Waals surface area contributed by atoms with E-state index in [4.69, 9.17) is 9.47 Å². The number of urea groups is 1. The van der Waals surface area contributed by atoms with Crippen molar-refractivity contribution >= 4 is 17.7 Å². The zero-order chi connectivity index (χ0) is 26.1. The number of ether oxygens (including phenoxy) is 2. The molecule has 1 unspecified atom stereocenters. The number of aromatic hydroxyl groups is 1. The summed E-state index contributed by atoms with van der Waals surface area (Å²) >= 11 is 0. The molecule has 0 radical (unpaired) electrons. The van der Waals surface area contributed by atoms with Crippen LogP contribution >= 0.6 is 0 Å². The van der Waals surface area contributed by atoms with Gasteiger partial charge in [-0.3, -0.25) is 0 Å². The van der Waals surface area contributed by atoms with Crippen LogP contribution in [0.5, 0.6) is 11.5 Å². The van der Waals surface area contributed by atoms with Crippen LogP contribution in [0.4, 0.5) is 4.79 Å². The molecule has 2 amide bonds. The molecule has 0 saturated carbocycles. The highest BCUT2D eigenvalue weighted by atomic mass is 16.5. The second-order valence-corrected chi connectivity index (χ2v) is 10.7. The fourth-order valence-corrected chi connectivity index (χ4v) is 4.20. The molecule has 0 bridgehead atoms. The molecule has 35 heavy (non-hydrogen) atoms. The Morgan fingerprint density at radius 3 is 2.00 bits per heavy atom. The Morgan fingerprint density at radius 2 is 1.54 bits per heavy atom. The van der Waals surface area contributed by atoms with Crippen LogP contribution in [0.3, 0.4) is 0 Å². The topological polar surface area (TPSA) is 96.9 Å². The zero-order valence-electron chi connectivity index (χ0n) is 21.8.